The standard InChI is InChI=1S/C13H16O3S/c1-4-16-13(15)12-6-5-11(17-3)8-10(12)7-9(2)14/h5-6,8H,4,7H2,1-3H3. The molecule has 0 fully saturated rings. The van der Waals surface area contributed by atoms with Gasteiger partial charge in [0.05, 0.1) is 12.2 Å². The third-order valence-electron chi connectivity index (χ3n) is 2.25. The number of thioether (sulfide) groups is 1. The van der Waals surface area contributed by atoms with E-state index < -0.39 is 0 Å². The van der Waals surface area contributed by atoms with Crippen LogP contribution in [0.1, 0.15) is 29.8 Å². The minimum absolute atomic E-state index is 0.0359. The number of ketones is 1. The summed E-state index contributed by atoms with van der Waals surface area (Å²) in [6.07, 6.45) is 2.22. The third kappa shape index (κ3) is 3.89. The van der Waals surface area contributed by atoms with Crippen molar-refractivity contribution in [1.29, 1.82) is 0 Å². The lowest BCUT2D eigenvalue weighted by molar-refractivity contribution is -0.116. The fourth-order valence-electron chi connectivity index (χ4n) is 1.52. The highest BCUT2D eigenvalue weighted by Gasteiger charge is 2.14. The lowest BCUT2D eigenvalue weighted by atomic mass is 10.0. The van der Waals surface area contributed by atoms with Crippen molar-refractivity contribution in [2.45, 2.75) is 25.2 Å². The van der Waals surface area contributed by atoms with Crippen molar-refractivity contribution >= 4 is 23.5 Å². The monoisotopic (exact) mass is 252 g/mol. The molecule has 17 heavy (non-hydrogen) atoms. The molecular formula is C13H16O3S. The van der Waals surface area contributed by atoms with Crippen molar-refractivity contribution in [1.82, 2.24) is 0 Å². The van der Waals surface area contributed by atoms with Gasteiger partial charge in [0.25, 0.3) is 0 Å². The molecule has 0 saturated carbocycles. The van der Waals surface area contributed by atoms with E-state index in [9.17, 15) is 9.59 Å². The van der Waals surface area contributed by atoms with E-state index in [2.05, 4.69) is 0 Å². The van der Waals surface area contributed by atoms with Crippen LogP contribution in [0, 0.1) is 0 Å². The Kier molecular flexibility index (Phi) is 5.22. The Morgan fingerprint density at radius 1 is 1.35 bits per heavy atom. The van der Waals surface area contributed by atoms with E-state index in [0.717, 1.165) is 10.5 Å². The number of rotatable bonds is 5. The molecule has 92 valence electrons. The van der Waals surface area contributed by atoms with Gasteiger partial charge in [-0.3, -0.25) is 4.79 Å². The van der Waals surface area contributed by atoms with Gasteiger partial charge >= 0.3 is 5.97 Å². The molecule has 0 aliphatic carbocycles. The second-order valence-electron chi connectivity index (χ2n) is 3.62. The predicted octanol–water partition coefficient (Wildman–Crippen LogP) is 2.72. The van der Waals surface area contributed by atoms with E-state index in [0.29, 0.717) is 12.2 Å². The zero-order chi connectivity index (χ0) is 12.8. The van der Waals surface area contributed by atoms with E-state index in [1.54, 1.807) is 24.8 Å². The van der Waals surface area contributed by atoms with E-state index in [4.69, 9.17) is 4.74 Å². The normalized spacial score (nSPS) is 10.1. The highest BCUT2D eigenvalue weighted by molar-refractivity contribution is 7.98. The van der Waals surface area contributed by atoms with Gasteiger partial charge in [0.2, 0.25) is 0 Å². The fraction of sp³-hybridized carbons (Fsp3) is 0.385. The Bertz CT molecular complexity index is 427. The number of Topliss-reactive ketones (excluding diaryl/α,β-unsaturated/α-hetero) is 1. The molecule has 0 heterocycles. The molecule has 1 aromatic rings. The summed E-state index contributed by atoms with van der Waals surface area (Å²) < 4.78 is 4.97. The lowest BCUT2D eigenvalue weighted by Crippen LogP contribution is -2.10. The summed E-state index contributed by atoms with van der Waals surface area (Å²) in [6, 6.07) is 5.46. The molecule has 0 aliphatic heterocycles. The zero-order valence-electron chi connectivity index (χ0n) is 10.3. The third-order valence-corrected chi connectivity index (χ3v) is 2.97. The number of hydrogen-bond donors (Lipinski definition) is 0. The molecule has 0 radical (unpaired) electrons. The average molecular weight is 252 g/mol. The van der Waals surface area contributed by atoms with Crippen LogP contribution in [0.25, 0.3) is 0 Å². The first kappa shape index (κ1) is 13.8. The largest absolute Gasteiger partial charge is 0.462 e. The summed E-state index contributed by atoms with van der Waals surface area (Å²) >= 11 is 1.58. The van der Waals surface area contributed by atoms with E-state index in [1.807, 2.05) is 18.4 Å². The predicted molar refractivity (Wildman–Crippen MR) is 68.6 cm³/mol. The summed E-state index contributed by atoms with van der Waals surface area (Å²) in [5, 5.41) is 0. The molecule has 1 aromatic carbocycles. The van der Waals surface area contributed by atoms with Crippen molar-refractivity contribution < 1.29 is 14.3 Å². The second-order valence-corrected chi connectivity index (χ2v) is 4.50. The van der Waals surface area contributed by atoms with E-state index >= 15 is 0 Å². The SMILES string of the molecule is CCOC(=O)c1ccc(SC)cc1CC(C)=O. The van der Waals surface area contributed by atoms with Crippen LogP contribution >= 0.6 is 11.8 Å². The van der Waals surface area contributed by atoms with E-state index in [-0.39, 0.29) is 18.2 Å². The smallest absolute Gasteiger partial charge is 0.338 e. The molecule has 0 atom stereocenters. The minimum atomic E-state index is -0.364. The van der Waals surface area contributed by atoms with Crippen molar-refractivity contribution in [3.63, 3.8) is 0 Å². The molecule has 0 aliphatic rings. The zero-order valence-corrected chi connectivity index (χ0v) is 11.1. The van der Waals surface area contributed by atoms with Gasteiger partial charge in [0.15, 0.2) is 0 Å². The summed E-state index contributed by atoms with van der Waals surface area (Å²) in [4.78, 5) is 23.9. The van der Waals surface area contributed by atoms with Crippen molar-refractivity contribution in [2.24, 2.45) is 0 Å². The van der Waals surface area contributed by atoms with Gasteiger partial charge in [0, 0.05) is 11.3 Å². The van der Waals surface area contributed by atoms with Crippen molar-refractivity contribution in [3.05, 3.63) is 29.3 Å². The maximum Gasteiger partial charge on any atom is 0.338 e. The maximum absolute atomic E-state index is 11.7. The molecule has 0 amide bonds. The molecular weight excluding hydrogens is 236 g/mol. The maximum atomic E-state index is 11.7. The quantitative estimate of drug-likeness (QED) is 0.597. The van der Waals surface area contributed by atoms with Gasteiger partial charge in [-0.05, 0) is 43.9 Å². The van der Waals surface area contributed by atoms with Crippen molar-refractivity contribution in [2.75, 3.05) is 12.9 Å². The van der Waals surface area contributed by atoms with Gasteiger partial charge in [-0.2, -0.15) is 0 Å². The van der Waals surface area contributed by atoms with Gasteiger partial charge < -0.3 is 4.74 Å². The number of ether oxygens (including phenoxy) is 1. The number of benzene rings is 1. The first-order valence-corrected chi connectivity index (χ1v) is 6.64. The molecule has 0 bridgehead atoms. The molecule has 0 N–H and O–H groups in total. The first-order chi connectivity index (χ1) is 8.08. The number of carbonyl (C=O) groups excluding carboxylic acids is 2. The van der Waals surface area contributed by atoms with Gasteiger partial charge in [-0.15, -0.1) is 11.8 Å². The second kappa shape index (κ2) is 6.45. The Morgan fingerprint density at radius 2 is 2.06 bits per heavy atom. The molecule has 0 saturated heterocycles. The van der Waals surface area contributed by atoms with Crippen LogP contribution in [0.2, 0.25) is 0 Å². The van der Waals surface area contributed by atoms with Crippen LogP contribution in [-0.4, -0.2) is 24.6 Å². The Labute approximate surface area is 106 Å². The topological polar surface area (TPSA) is 43.4 Å². The van der Waals surface area contributed by atoms with Crippen LogP contribution in [-0.2, 0) is 16.0 Å². The summed E-state index contributed by atoms with van der Waals surface area (Å²) in [5.41, 5.74) is 1.22. The molecule has 0 unspecified atom stereocenters. The molecule has 1 rings (SSSR count). The molecule has 3 nitrogen and oxygen atoms in total. The van der Waals surface area contributed by atoms with Crippen LogP contribution in [0.3, 0.4) is 0 Å². The summed E-state index contributed by atoms with van der Waals surface area (Å²) in [6.45, 7) is 3.61. The Balaban J connectivity index is 3.09. The number of esters is 1. The van der Waals surface area contributed by atoms with Crippen LogP contribution < -0.4 is 0 Å². The first-order valence-electron chi connectivity index (χ1n) is 5.42. The molecule has 4 heteroatoms. The highest BCUT2D eigenvalue weighted by Crippen LogP contribution is 2.21. The lowest BCUT2D eigenvalue weighted by Gasteiger charge is -2.09. The highest BCUT2D eigenvalue weighted by atomic mass is 32.2. The van der Waals surface area contributed by atoms with Crippen LogP contribution in [0.4, 0.5) is 0 Å². The van der Waals surface area contributed by atoms with Gasteiger partial charge in [-0.25, -0.2) is 4.79 Å². The molecule has 0 spiro atoms. The van der Waals surface area contributed by atoms with Gasteiger partial charge in [0.1, 0.15) is 5.78 Å². The average Bonchev–Trinajstić information content (AvgIpc) is 2.28. The van der Waals surface area contributed by atoms with Crippen molar-refractivity contribution in [3.8, 4) is 0 Å². The number of carbonyl (C=O) groups is 2. The van der Waals surface area contributed by atoms with Gasteiger partial charge in [-0.1, -0.05) is 0 Å². The molecule has 0 aromatic heterocycles. The van der Waals surface area contributed by atoms with E-state index in [1.165, 1.54) is 6.92 Å². The fourth-order valence-corrected chi connectivity index (χ4v) is 1.98. The van der Waals surface area contributed by atoms with Crippen LogP contribution in [0.5, 0.6) is 0 Å². The Hall–Kier alpha value is -1.29. The summed E-state index contributed by atoms with van der Waals surface area (Å²) in [7, 11) is 0. The Morgan fingerprint density at radius 3 is 2.59 bits per heavy atom. The number of hydrogen-bond acceptors (Lipinski definition) is 4. The minimum Gasteiger partial charge on any atom is -0.462 e. The summed E-state index contributed by atoms with van der Waals surface area (Å²) in [5.74, 6) is -0.329. The van der Waals surface area contributed by atoms with Crippen LogP contribution in [0.15, 0.2) is 23.1 Å².